The number of para-hydroxylation sites is 4. The van der Waals surface area contributed by atoms with Gasteiger partial charge in [0.25, 0.3) is 0 Å². The van der Waals surface area contributed by atoms with Gasteiger partial charge in [0.05, 0.1) is 33.1 Å². The van der Waals surface area contributed by atoms with Gasteiger partial charge in [-0.05, 0) is 94.7 Å². The highest BCUT2D eigenvalue weighted by molar-refractivity contribution is 6.19. The highest BCUT2D eigenvalue weighted by Gasteiger charge is 2.19. The van der Waals surface area contributed by atoms with Crippen molar-refractivity contribution in [2.75, 3.05) is 0 Å². The lowest BCUT2D eigenvalue weighted by Gasteiger charge is -2.12. The largest absolute Gasteiger partial charge is 0.309 e. The van der Waals surface area contributed by atoms with E-state index < -0.39 is 0 Å². The van der Waals surface area contributed by atoms with Crippen LogP contribution in [0.5, 0.6) is 0 Å². The Bertz CT molecular complexity index is 3410. The maximum absolute atomic E-state index is 2.44. The van der Waals surface area contributed by atoms with E-state index in [2.05, 4.69) is 214 Å². The maximum atomic E-state index is 2.44. The second kappa shape index (κ2) is 11.6. The van der Waals surface area contributed by atoms with Crippen LogP contribution in [0.4, 0.5) is 0 Å². The minimum absolute atomic E-state index is 1.14. The fraction of sp³-hybridized carbons (Fsp3) is 0. The first-order valence-electron chi connectivity index (χ1n) is 18.9. The molecule has 0 aliphatic rings. The third-order valence-corrected chi connectivity index (χ3v) is 11.6. The normalized spacial score (nSPS) is 12.0. The summed E-state index contributed by atoms with van der Waals surface area (Å²) in [5.74, 6) is 0. The molecule has 0 bridgehead atoms. The van der Waals surface area contributed by atoms with Crippen LogP contribution in [0.1, 0.15) is 0 Å². The predicted molar refractivity (Wildman–Crippen MR) is 232 cm³/mol. The van der Waals surface area contributed by atoms with Crippen LogP contribution in [-0.2, 0) is 0 Å². The molecule has 55 heavy (non-hydrogen) atoms. The van der Waals surface area contributed by atoms with Gasteiger partial charge in [0, 0.05) is 49.4 Å². The van der Waals surface area contributed by atoms with Gasteiger partial charge in [-0.1, -0.05) is 127 Å². The Balaban J connectivity index is 0.996. The van der Waals surface area contributed by atoms with Crippen LogP contribution in [0, 0.1) is 0 Å². The zero-order valence-corrected chi connectivity index (χ0v) is 29.9. The molecule has 0 aliphatic heterocycles. The molecule has 0 fully saturated rings. The van der Waals surface area contributed by atoms with E-state index in [1.54, 1.807) is 0 Å². The third kappa shape index (κ3) is 4.44. The van der Waals surface area contributed by atoms with Gasteiger partial charge < -0.3 is 13.7 Å². The van der Waals surface area contributed by atoms with Gasteiger partial charge in [-0.25, -0.2) is 0 Å². The van der Waals surface area contributed by atoms with Crippen LogP contribution in [-0.4, -0.2) is 13.7 Å². The molecule has 256 valence electrons. The summed E-state index contributed by atoms with van der Waals surface area (Å²) in [5, 5.41) is 10.1. The molecule has 0 saturated heterocycles. The number of hydrogen-bond acceptors (Lipinski definition) is 0. The van der Waals surface area contributed by atoms with Gasteiger partial charge in [-0.15, -0.1) is 0 Å². The van der Waals surface area contributed by atoms with E-state index in [0.717, 1.165) is 11.4 Å². The van der Waals surface area contributed by atoms with Crippen molar-refractivity contribution in [2.24, 2.45) is 0 Å². The van der Waals surface area contributed by atoms with E-state index in [1.165, 1.54) is 93.0 Å². The molecule has 0 spiro atoms. The van der Waals surface area contributed by atoms with Crippen LogP contribution < -0.4 is 0 Å². The maximum Gasteiger partial charge on any atom is 0.0562 e. The van der Waals surface area contributed by atoms with E-state index in [0.29, 0.717) is 0 Å². The average Bonchev–Trinajstić information content (AvgIpc) is 3.88. The topological polar surface area (TPSA) is 14.8 Å². The van der Waals surface area contributed by atoms with Crippen molar-refractivity contribution < 1.29 is 0 Å². The second-order valence-electron chi connectivity index (χ2n) is 14.6. The standard InChI is InChI=1S/C52H33N3/c1-2-12-37-31-40(30-25-34(37)11-1)55-50-20-10-6-16-44(50)46-32-45-43-15-5-9-19-49(43)54(51(45)33-52(46)55)39-28-23-36(24-29-39)35-21-26-38(27-22-35)53-47-17-7-3-13-41(47)42-14-4-8-18-48(42)53/h1-33H. The summed E-state index contributed by atoms with van der Waals surface area (Å²) in [6, 6.07) is 73.2. The average molecular weight is 700 g/mol. The quantitative estimate of drug-likeness (QED) is 0.174. The fourth-order valence-corrected chi connectivity index (χ4v) is 9.11. The van der Waals surface area contributed by atoms with Crippen molar-refractivity contribution in [3.8, 4) is 28.2 Å². The minimum atomic E-state index is 1.14. The van der Waals surface area contributed by atoms with Crippen LogP contribution in [0.25, 0.3) is 104 Å². The van der Waals surface area contributed by atoms with E-state index in [-0.39, 0.29) is 0 Å². The van der Waals surface area contributed by atoms with E-state index >= 15 is 0 Å². The molecule has 3 heterocycles. The number of benzene rings is 9. The molecule has 0 atom stereocenters. The number of nitrogens with zero attached hydrogens (tertiary/aromatic N) is 3. The highest BCUT2D eigenvalue weighted by Crippen LogP contribution is 2.40. The molecule has 0 aliphatic carbocycles. The molecule has 3 nitrogen and oxygen atoms in total. The lowest BCUT2D eigenvalue weighted by atomic mass is 10.0. The molecule has 9 aromatic carbocycles. The Morgan fingerprint density at radius 3 is 1.07 bits per heavy atom. The van der Waals surface area contributed by atoms with Crippen molar-refractivity contribution >= 4 is 76.2 Å². The third-order valence-electron chi connectivity index (χ3n) is 11.6. The molecule has 0 radical (unpaired) electrons. The molecule has 12 rings (SSSR count). The van der Waals surface area contributed by atoms with Crippen molar-refractivity contribution in [3.05, 3.63) is 200 Å². The Hall–Kier alpha value is -7.36. The summed E-state index contributed by atoms with van der Waals surface area (Å²) in [4.78, 5) is 0. The van der Waals surface area contributed by atoms with E-state index in [1.807, 2.05) is 0 Å². The Morgan fingerprint density at radius 1 is 0.218 bits per heavy atom. The SMILES string of the molecule is c1ccc2cc(-n3c4ccccc4c4cc5c6ccccc6n(-c6ccc(-c7ccc(-n8c9ccccc9c9ccccc98)cc7)cc6)c5cc43)ccc2c1. The number of hydrogen-bond donors (Lipinski definition) is 0. The molecule has 0 amide bonds. The van der Waals surface area contributed by atoms with Crippen LogP contribution >= 0.6 is 0 Å². The predicted octanol–water partition coefficient (Wildman–Crippen LogP) is 13.8. The summed E-state index contributed by atoms with van der Waals surface area (Å²) in [6.45, 7) is 0. The van der Waals surface area contributed by atoms with Gasteiger partial charge in [0.1, 0.15) is 0 Å². The number of rotatable bonds is 4. The first-order chi connectivity index (χ1) is 27.3. The first-order valence-corrected chi connectivity index (χ1v) is 18.9. The molecule has 0 unspecified atom stereocenters. The summed E-state index contributed by atoms with van der Waals surface area (Å²) < 4.78 is 7.24. The van der Waals surface area contributed by atoms with Gasteiger partial charge in [0.15, 0.2) is 0 Å². The number of aromatic nitrogens is 3. The van der Waals surface area contributed by atoms with Crippen LogP contribution in [0.15, 0.2) is 200 Å². The van der Waals surface area contributed by atoms with Crippen LogP contribution in [0.2, 0.25) is 0 Å². The van der Waals surface area contributed by atoms with Crippen molar-refractivity contribution in [1.29, 1.82) is 0 Å². The van der Waals surface area contributed by atoms with Gasteiger partial charge in [-0.3, -0.25) is 0 Å². The van der Waals surface area contributed by atoms with Crippen molar-refractivity contribution in [3.63, 3.8) is 0 Å². The summed E-state index contributed by atoms with van der Waals surface area (Å²) in [5.41, 5.74) is 13.1. The first kappa shape index (κ1) is 30.1. The smallest absolute Gasteiger partial charge is 0.0562 e. The van der Waals surface area contributed by atoms with Gasteiger partial charge >= 0.3 is 0 Å². The molecular weight excluding hydrogens is 667 g/mol. The Morgan fingerprint density at radius 2 is 0.582 bits per heavy atom. The molecule has 12 aromatic rings. The summed E-state index contributed by atoms with van der Waals surface area (Å²) >= 11 is 0. The lowest BCUT2D eigenvalue weighted by Crippen LogP contribution is -1.96. The second-order valence-corrected chi connectivity index (χ2v) is 14.6. The van der Waals surface area contributed by atoms with Crippen molar-refractivity contribution in [2.45, 2.75) is 0 Å². The minimum Gasteiger partial charge on any atom is -0.309 e. The Kier molecular flexibility index (Phi) is 6.34. The summed E-state index contributed by atoms with van der Waals surface area (Å²) in [6.07, 6.45) is 0. The molecule has 0 N–H and O–H groups in total. The lowest BCUT2D eigenvalue weighted by molar-refractivity contribution is 1.17. The van der Waals surface area contributed by atoms with Gasteiger partial charge in [-0.2, -0.15) is 0 Å². The fourth-order valence-electron chi connectivity index (χ4n) is 9.11. The Labute approximate surface area is 317 Å². The zero-order valence-electron chi connectivity index (χ0n) is 29.9. The van der Waals surface area contributed by atoms with Crippen LogP contribution in [0.3, 0.4) is 0 Å². The van der Waals surface area contributed by atoms with Gasteiger partial charge in [0.2, 0.25) is 0 Å². The number of fused-ring (bicyclic) bond motifs is 10. The zero-order chi connectivity index (χ0) is 36.0. The van der Waals surface area contributed by atoms with Crippen molar-refractivity contribution in [1.82, 2.24) is 13.7 Å². The van der Waals surface area contributed by atoms with E-state index in [9.17, 15) is 0 Å². The molecule has 0 saturated carbocycles. The molecular formula is C52H33N3. The summed E-state index contributed by atoms with van der Waals surface area (Å²) in [7, 11) is 0. The van der Waals surface area contributed by atoms with E-state index in [4.69, 9.17) is 0 Å². The monoisotopic (exact) mass is 699 g/mol. The highest BCUT2D eigenvalue weighted by atomic mass is 15.0. The molecule has 3 heteroatoms. The molecule has 3 aromatic heterocycles.